The minimum Gasteiger partial charge on any atom is -0.496 e. The Morgan fingerprint density at radius 2 is 1.94 bits per heavy atom. The average molecular weight is 246 g/mol. The topological polar surface area (TPSA) is 66.0 Å². The summed E-state index contributed by atoms with van der Waals surface area (Å²) in [5.41, 5.74) is 8.88. The Morgan fingerprint density at radius 3 is 2.50 bits per heavy atom. The first-order valence-electron chi connectivity index (χ1n) is 5.82. The number of benzene rings is 1. The van der Waals surface area contributed by atoms with Gasteiger partial charge in [0, 0.05) is 7.05 Å². The molecule has 2 N–H and O–H groups in total. The smallest absolute Gasteiger partial charge is 0.185 e. The average Bonchev–Trinajstić information content (AvgIpc) is 2.73. The molecule has 2 aromatic rings. The van der Waals surface area contributed by atoms with E-state index in [0.717, 1.165) is 17.1 Å². The SMILES string of the molecule is COc1cc(C)c(C)cc1-c1nc(CN)n(C)n1. The quantitative estimate of drug-likeness (QED) is 0.892. The van der Waals surface area contributed by atoms with E-state index in [-0.39, 0.29) is 0 Å². The Kier molecular flexibility index (Phi) is 3.34. The van der Waals surface area contributed by atoms with E-state index in [9.17, 15) is 0 Å². The lowest BCUT2D eigenvalue weighted by Crippen LogP contribution is -2.05. The molecule has 5 heteroatoms. The molecule has 0 bridgehead atoms. The number of nitrogens with zero attached hydrogens (tertiary/aromatic N) is 3. The predicted molar refractivity (Wildman–Crippen MR) is 70.4 cm³/mol. The second kappa shape index (κ2) is 4.78. The zero-order valence-electron chi connectivity index (χ0n) is 11.2. The van der Waals surface area contributed by atoms with Gasteiger partial charge in [-0.25, -0.2) is 4.98 Å². The van der Waals surface area contributed by atoms with Gasteiger partial charge >= 0.3 is 0 Å². The van der Waals surface area contributed by atoms with Crippen molar-refractivity contribution in [1.82, 2.24) is 14.8 Å². The molecule has 1 aromatic heterocycles. The number of rotatable bonds is 3. The second-order valence-corrected chi connectivity index (χ2v) is 4.32. The molecule has 0 saturated heterocycles. The van der Waals surface area contributed by atoms with Crippen LogP contribution in [0.25, 0.3) is 11.4 Å². The highest BCUT2D eigenvalue weighted by Crippen LogP contribution is 2.30. The van der Waals surface area contributed by atoms with Crippen LogP contribution in [-0.4, -0.2) is 21.9 Å². The summed E-state index contributed by atoms with van der Waals surface area (Å²) in [4.78, 5) is 4.42. The monoisotopic (exact) mass is 246 g/mol. The van der Waals surface area contributed by atoms with Crippen LogP contribution in [0.15, 0.2) is 12.1 Å². The van der Waals surface area contributed by atoms with E-state index in [4.69, 9.17) is 10.5 Å². The summed E-state index contributed by atoms with van der Waals surface area (Å²) < 4.78 is 7.10. The van der Waals surface area contributed by atoms with E-state index < -0.39 is 0 Å². The van der Waals surface area contributed by atoms with E-state index in [1.165, 1.54) is 11.1 Å². The minimum absolute atomic E-state index is 0.372. The fourth-order valence-electron chi connectivity index (χ4n) is 1.84. The molecule has 0 fully saturated rings. The lowest BCUT2D eigenvalue weighted by atomic mass is 10.0. The van der Waals surface area contributed by atoms with Gasteiger partial charge in [0.1, 0.15) is 11.6 Å². The zero-order chi connectivity index (χ0) is 13.3. The van der Waals surface area contributed by atoms with Crippen LogP contribution >= 0.6 is 0 Å². The van der Waals surface area contributed by atoms with Gasteiger partial charge in [0.25, 0.3) is 0 Å². The number of nitrogens with two attached hydrogens (primary N) is 1. The van der Waals surface area contributed by atoms with Crippen molar-refractivity contribution in [3.05, 3.63) is 29.1 Å². The van der Waals surface area contributed by atoms with Gasteiger partial charge in [-0.05, 0) is 37.1 Å². The summed E-state index contributed by atoms with van der Waals surface area (Å²) in [5, 5.41) is 4.38. The normalized spacial score (nSPS) is 10.7. The van der Waals surface area contributed by atoms with Gasteiger partial charge < -0.3 is 10.5 Å². The number of aryl methyl sites for hydroxylation is 3. The third-order valence-corrected chi connectivity index (χ3v) is 3.09. The molecule has 0 aliphatic rings. The molecular weight excluding hydrogens is 228 g/mol. The fraction of sp³-hybridized carbons (Fsp3) is 0.385. The van der Waals surface area contributed by atoms with Crippen LogP contribution in [0.1, 0.15) is 17.0 Å². The predicted octanol–water partition coefficient (Wildman–Crippen LogP) is 1.57. The van der Waals surface area contributed by atoms with Crippen molar-refractivity contribution in [3.8, 4) is 17.1 Å². The maximum atomic E-state index is 5.61. The number of ether oxygens (including phenoxy) is 1. The summed E-state index contributed by atoms with van der Waals surface area (Å²) in [6, 6.07) is 4.05. The van der Waals surface area contributed by atoms with E-state index in [1.54, 1.807) is 11.8 Å². The van der Waals surface area contributed by atoms with Crippen LogP contribution in [-0.2, 0) is 13.6 Å². The lowest BCUT2D eigenvalue weighted by Gasteiger charge is -2.09. The van der Waals surface area contributed by atoms with Gasteiger partial charge in [-0.1, -0.05) is 0 Å². The van der Waals surface area contributed by atoms with Crippen LogP contribution in [0.5, 0.6) is 5.75 Å². The van der Waals surface area contributed by atoms with Crippen LogP contribution in [0.2, 0.25) is 0 Å². The maximum absolute atomic E-state index is 5.61. The second-order valence-electron chi connectivity index (χ2n) is 4.32. The molecule has 0 radical (unpaired) electrons. The summed E-state index contributed by atoms with van der Waals surface area (Å²) in [6.45, 7) is 4.49. The first-order valence-corrected chi connectivity index (χ1v) is 5.82. The van der Waals surface area contributed by atoms with Crippen LogP contribution in [0, 0.1) is 13.8 Å². The Bertz CT molecular complexity index is 575. The molecule has 0 atom stereocenters. The van der Waals surface area contributed by atoms with Crippen LogP contribution in [0.3, 0.4) is 0 Å². The highest BCUT2D eigenvalue weighted by Gasteiger charge is 2.14. The van der Waals surface area contributed by atoms with Crippen molar-refractivity contribution in [2.24, 2.45) is 12.8 Å². The van der Waals surface area contributed by atoms with Gasteiger partial charge in [0.15, 0.2) is 5.82 Å². The lowest BCUT2D eigenvalue weighted by molar-refractivity contribution is 0.415. The van der Waals surface area contributed by atoms with Crippen molar-refractivity contribution in [1.29, 1.82) is 0 Å². The molecular formula is C13H18N4O. The van der Waals surface area contributed by atoms with E-state index in [2.05, 4.69) is 23.9 Å². The first kappa shape index (κ1) is 12.6. The number of hydrogen-bond donors (Lipinski definition) is 1. The zero-order valence-corrected chi connectivity index (χ0v) is 11.2. The van der Waals surface area contributed by atoms with Crippen LogP contribution in [0.4, 0.5) is 0 Å². The van der Waals surface area contributed by atoms with Crippen molar-refractivity contribution in [2.75, 3.05) is 7.11 Å². The maximum Gasteiger partial charge on any atom is 0.185 e. The summed E-state index contributed by atoms with van der Waals surface area (Å²) in [6.07, 6.45) is 0. The summed E-state index contributed by atoms with van der Waals surface area (Å²) in [7, 11) is 3.49. The number of aromatic nitrogens is 3. The highest BCUT2D eigenvalue weighted by molar-refractivity contribution is 5.66. The summed E-state index contributed by atoms with van der Waals surface area (Å²) in [5.74, 6) is 2.19. The molecule has 0 unspecified atom stereocenters. The molecule has 1 aromatic carbocycles. The molecule has 0 aliphatic carbocycles. The van der Waals surface area contributed by atoms with Gasteiger partial charge in [0.2, 0.25) is 0 Å². The molecule has 1 heterocycles. The Morgan fingerprint density at radius 1 is 1.28 bits per heavy atom. The molecule has 0 amide bonds. The van der Waals surface area contributed by atoms with Crippen molar-refractivity contribution in [2.45, 2.75) is 20.4 Å². The molecule has 96 valence electrons. The number of hydrogen-bond acceptors (Lipinski definition) is 4. The Labute approximate surface area is 107 Å². The van der Waals surface area contributed by atoms with E-state index in [1.807, 2.05) is 19.2 Å². The number of methoxy groups -OCH3 is 1. The van der Waals surface area contributed by atoms with Gasteiger partial charge in [-0.15, -0.1) is 0 Å². The van der Waals surface area contributed by atoms with Crippen LogP contribution < -0.4 is 10.5 Å². The molecule has 0 spiro atoms. The van der Waals surface area contributed by atoms with Gasteiger partial charge in [-0.2, -0.15) is 5.10 Å². The fourth-order valence-corrected chi connectivity index (χ4v) is 1.84. The first-order chi connectivity index (χ1) is 8.56. The highest BCUT2D eigenvalue weighted by atomic mass is 16.5. The minimum atomic E-state index is 0.372. The van der Waals surface area contributed by atoms with Crippen molar-refractivity contribution < 1.29 is 4.74 Å². The van der Waals surface area contributed by atoms with E-state index >= 15 is 0 Å². The molecule has 5 nitrogen and oxygen atoms in total. The standard InChI is InChI=1S/C13H18N4O/c1-8-5-10(11(18-4)6-9(8)2)13-15-12(7-14)17(3)16-13/h5-6H,7,14H2,1-4H3. The van der Waals surface area contributed by atoms with Gasteiger partial charge in [0.05, 0.1) is 19.2 Å². The van der Waals surface area contributed by atoms with Crippen molar-refractivity contribution >= 4 is 0 Å². The third kappa shape index (κ3) is 2.09. The molecule has 0 saturated carbocycles. The summed E-state index contributed by atoms with van der Waals surface area (Å²) >= 11 is 0. The van der Waals surface area contributed by atoms with Gasteiger partial charge in [-0.3, -0.25) is 4.68 Å². The molecule has 0 aliphatic heterocycles. The molecule has 18 heavy (non-hydrogen) atoms. The molecule has 2 rings (SSSR count). The Balaban J connectivity index is 2.58. The van der Waals surface area contributed by atoms with Crippen molar-refractivity contribution in [3.63, 3.8) is 0 Å². The largest absolute Gasteiger partial charge is 0.496 e. The third-order valence-electron chi connectivity index (χ3n) is 3.09. The van der Waals surface area contributed by atoms with E-state index in [0.29, 0.717) is 12.4 Å². The Hall–Kier alpha value is -1.88.